The van der Waals surface area contributed by atoms with E-state index in [0.29, 0.717) is 5.41 Å². The third kappa shape index (κ3) is 8.52. The Morgan fingerprint density at radius 1 is 1.12 bits per heavy atom. The fourth-order valence-electron chi connectivity index (χ4n) is 1.36. The molecule has 0 fully saturated rings. The molecule has 0 nitrogen and oxygen atoms in total. The van der Waals surface area contributed by atoms with E-state index < -0.39 is 0 Å². The Bertz CT molecular complexity index is 278. The van der Waals surface area contributed by atoms with Crippen LogP contribution in [0.1, 0.15) is 60.8 Å². The van der Waals surface area contributed by atoms with Gasteiger partial charge in [0.1, 0.15) is 0 Å². The Kier molecular flexibility index (Phi) is 6.40. The maximum Gasteiger partial charge on any atom is -0.0111 e. The highest BCUT2D eigenvalue weighted by molar-refractivity contribution is 5.15. The predicted octanol–water partition coefficient (Wildman–Crippen LogP) is 5.67. The van der Waals surface area contributed by atoms with Gasteiger partial charge in [-0.15, -0.1) is 0 Å². The summed E-state index contributed by atoms with van der Waals surface area (Å²) >= 11 is 0. The fourth-order valence-corrected chi connectivity index (χ4v) is 1.36. The summed E-state index contributed by atoms with van der Waals surface area (Å²) < 4.78 is 0. The van der Waals surface area contributed by atoms with Gasteiger partial charge in [-0.05, 0) is 45.4 Å². The number of hydrogen-bond acceptors (Lipinski definition) is 0. The molecule has 0 radical (unpaired) electrons. The van der Waals surface area contributed by atoms with Crippen LogP contribution in [0.4, 0.5) is 0 Å². The van der Waals surface area contributed by atoms with Gasteiger partial charge in [-0.2, -0.15) is 0 Å². The van der Waals surface area contributed by atoms with Crippen molar-refractivity contribution in [2.24, 2.45) is 5.41 Å². The summed E-state index contributed by atoms with van der Waals surface area (Å²) in [6.45, 7) is 17.4. The highest BCUT2D eigenvalue weighted by atomic mass is 14.1. The van der Waals surface area contributed by atoms with Gasteiger partial charge < -0.3 is 0 Å². The van der Waals surface area contributed by atoms with Crippen LogP contribution in [0.15, 0.2) is 35.5 Å². The highest BCUT2D eigenvalue weighted by Gasteiger charge is 2.03. The Hall–Kier alpha value is -0.780. The first kappa shape index (κ1) is 15.2. The zero-order chi connectivity index (χ0) is 12.8. The number of hydrogen-bond donors (Lipinski definition) is 0. The van der Waals surface area contributed by atoms with Crippen molar-refractivity contribution in [1.82, 2.24) is 0 Å². The lowest BCUT2D eigenvalue weighted by Gasteiger charge is -2.11. The molecule has 0 atom stereocenters. The zero-order valence-corrected chi connectivity index (χ0v) is 12.0. The molecule has 0 rings (SSSR count). The first-order valence-electron chi connectivity index (χ1n) is 6.19. The van der Waals surface area contributed by atoms with E-state index in [1.54, 1.807) is 0 Å². The summed E-state index contributed by atoms with van der Waals surface area (Å²) in [5, 5.41) is 0. The third-order valence-electron chi connectivity index (χ3n) is 2.65. The lowest BCUT2D eigenvalue weighted by Crippen LogP contribution is -1.98. The Balaban J connectivity index is 3.93. The summed E-state index contributed by atoms with van der Waals surface area (Å²) in [5.41, 5.74) is 4.53. The summed E-state index contributed by atoms with van der Waals surface area (Å²) in [7, 11) is 0. The maximum absolute atomic E-state index is 4.14. The molecule has 0 aromatic heterocycles. The van der Waals surface area contributed by atoms with E-state index in [4.69, 9.17) is 0 Å². The number of rotatable bonds is 5. The number of allylic oxidation sites excluding steroid dienone is 5. The summed E-state index contributed by atoms with van der Waals surface area (Å²) in [4.78, 5) is 0. The van der Waals surface area contributed by atoms with Gasteiger partial charge in [-0.3, -0.25) is 0 Å². The van der Waals surface area contributed by atoms with Crippen molar-refractivity contribution in [1.29, 1.82) is 0 Å². The second kappa shape index (κ2) is 6.73. The topological polar surface area (TPSA) is 0 Å². The van der Waals surface area contributed by atoms with Crippen LogP contribution in [0.2, 0.25) is 0 Å². The minimum absolute atomic E-state index is 0.303. The molecule has 0 bridgehead atoms. The van der Waals surface area contributed by atoms with Crippen LogP contribution in [-0.4, -0.2) is 0 Å². The molecule has 0 saturated carbocycles. The second-order valence-corrected chi connectivity index (χ2v) is 6.01. The molecule has 0 heteroatoms. The van der Waals surface area contributed by atoms with E-state index in [1.807, 2.05) is 0 Å². The second-order valence-electron chi connectivity index (χ2n) is 6.01. The standard InChI is InChI=1S/C16H28/c1-13(2)15(4)12-14(3)10-8-9-11-16(5,6)7/h9,11H,3,8,10,12H2,1-2,4-7H3/b11-9-. The van der Waals surface area contributed by atoms with Crippen molar-refractivity contribution in [2.45, 2.75) is 60.8 Å². The molecule has 0 aromatic carbocycles. The smallest absolute Gasteiger partial charge is 0.0111 e. The Labute approximate surface area is 102 Å². The molecule has 0 N–H and O–H groups in total. The van der Waals surface area contributed by atoms with Gasteiger partial charge in [0.2, 0.25) is 0 Å². The molecule has 0 aliphatic heterocycles. The molecule has 0 unspecified atom stereocenters. The van der Waals surface area contributed by atoms with Crippen molar-refractivity contribution in [3.63, 3.8) is 0 Å². The molecule has 16 heavy (non-hydrogen) atoms. The van der Waals surface area contributed by atoms with E-state index in [2.05, 4.69) is 60.3 Å². The quantitative estimate of drug-likeness (QED) is 0.523. The van der Waals surface area contributed by atoms with Gasteiger partial charge in [-0.25, -0.2) is 0 Å². The monoisotopic (exact) mass is 220 g/mol. The molecular formula is C16H28. The van der Waals surface area contributed by atoms with Crippen molar-refractivity contribution in [3.8, 4) is 0 Å². The van der Waals surface area contributed by atoms with E-state index in [1.165, 1.54) is 16.7 Å². The summed E-state index contributed by atoms with van der Waals surface area (Å²) in [6.07, 6.45) is 7.85. The fraction of sp³-hybridized carbons (Fsp3) is 0.625. The minimum atomic E-state index is 0.303. The molecule has 0 amide bonds. The van der Waals surface area contributed by atoms with Crippen LogP contribution in [0.3, 0.4) is 0 Å². The molecule has 0 aliphatic carbocycles. The normalized spacial score (nSPS) is 11.9. The van der Waals surface area contributed by atoms with Crippen LogP contribution < -0.4 is 0 Å². The molecule has 0 aromatic rings. The lowest BCUT2D eigenvalue weighted by atomic mass is 9.95. The van der Waals surface area contributed by atoms with Gasteiger partial charge in [0.25, 0.3) is 0 Å². The van der Waals surface area contributed by atoms with Crippen LogP contribution in [0.25, 0.3) is 0 Å². The van der Waals surface area contributed by atoms with Crippen molar-refractivity contribution in [3.05, 3.63) is 35.5 Å². The van der Waals surface area contributed by atoms with Gasteiger partial charge in [-0.1, -0.05) is 56.2 Å². The molecule has 0 heterocycles. The molecular weight excluding hydrogens is 192 g/mol. The van der Waals surface area contributed by atoms with Gasteiger partial charge >= 0.3 is 0 Å². The zero-order valence-electron chi connectivity index (χ0n) is 12.0. The van der Waals surface area contributed by atoms with Crippen LogP contribution in [0, 0.1) is 5.41 Å². The first-order valence-corrected chi connectivity index (χ1v) is 6.19. The largest absolute Gasteiger partial charge is 0.0995 e. The maximum atomic E-state index is 4.14. The van der Waals surface area contributed by atoms with E-state index >= 15 is 0 Å². The molecule has 0 spiro atoms. The van der Waals surface area contributed by atoms with Crippen molar-refractivity contribution >= 4 is 0 Å². The third-order valence-corrected chi connectivity index (χ3v) is 2.65. The van der Waals surface area contributed by atoms with Crippen molar-refractivity contribution in [2.75, 3.05) is 0 Å². The van der Waals surface area contributed by atoms with E-state index in [-0.39, 0.29) is 0 Å². The minimum Gasteiger partial charge on any atom is -0.0995 e. The van der Waals surface area contributed by atoms with E-state index in [0.717, 1.165) is 19.3 Å². The van der Waals surface area contributed by atoms with Crippen LogP contribution in [0.5, 0.6) is 0 Å². The van der Waals surface area contributed by atoms with Gasteiger partial charge in [0.05, 0.1) is 0 Å². The molecule has 0 saturated heterocycles. The van der Waals surface area contributed by atoms with Crippen LogP contribution in [-0.2, 0) is 0 Å². The first-order chi connectivity index (χ1) is 7.22. The molecule has 92 valence electrons. The SMILES string of the molecule is C=C(CC/C=C\C(C)(C)C)CC(C)=C(C)C. The highest BCUT2D eigenvalue weighted by Crippen LogP contribution is 2.19. The average Bonchev–Trinajstić information content (AvgIpc) is 2.10. The summed E-state index contributed by atoms with van der Waals surface area (Å²) in [6, 6.07) is 0. The van der Waals surface area contributed by atoms with E-state index in [9.17, 15) is 0 Å². The Morgan fingerprint density at radius 2 is 1.69 bits per heavy atom. The summed E-state index contributed by atoms with van der Waals surface area (Å²) in [5.74, 6) is 0. The van der Waals surface area contributed by atoms with Gasteiger partial charge in [0, 0.05) is 0 Å². The predicted molar refractivity (Wildman–Crippen MR) is 75.6 cm³/mol. The van der Waals surface area contributed by atoms with Crippen molar-refractivity contribution < 1.29 is 0 Å². The van der Waals surface area contributed by atoms with Gasteiger partial charge in [0.15, 0.2) is 0 Å². The molecule has 0 aliphatic rings. The van der Waals surface area contributed by atoms with Crippen LogP contribution >= 0.6 is 0 Å². The average molecular weight is 220 g/mol. The Morgan fingerprint density at radius 3 is 2.12 bits per heavy atom. The lowest BCUT2D eigenvalue weighted by molar-refractivity contribution is 0.542.